The molecule has 1 unspecified atom stereocenters. The van der Waals surface area contributed by atoms with Gasteiger partial charge in [0.1, 0.15) is 5.82 Å². The minimum Gasteiger partial charge on any atom is -0.481 e. The fraction of sp³-hybridized carbons (Fsp3) is 0.765. The summed E-state index contributed by atoms with van der Waals surface area (Å²) in [4.78, 5) is 30.6. The average Bonchev–Trinajstić information content (AvgIpc) is 3.42. The van der Waals surface area contributed by atoms with E-state index in [-0.39, 0.29) is 11.8 Å². The van der Waals surface area contributed by atoms with E-state index in [4.69, 9.17) is 0 Å². The lowest BCUT2D eigenvalue weighted by molar-refractivity contribution is -0.142. The molecule has 4 rings (SSSR count). The van der Waals surface area contributed by atoms with Gasteiger partial charge in [-0.25, -0.2) is 4.98 Å². The number of hydrogen-bond donors (Lipinski definition) is 2. The molecule has 130 valence electrons. The summed E-state index contributed by atoms with van der Waals surface area (Å²) in [6.45, 7) is 5.04. The molecule has 3 aliphatic rings. The Labute approximate surface area is 140 Å². The lowest BCUT2D eigenvalue weighted by Gasteiger charge is -2.32. The van der Waals surface area contributed by atoms with Gasteiger partial charge in [-0.2, -0.15) is 5.10 Å². The quantitative estimate of drug-likeness (QED) is 0.875. The average molecular weight is 332 g/mol. The Bertz CT molecular complexity index is 679. The van der Waals surface area contributed by atoms with E-state index >= 15 is 0 Å². The van der Waals surface area contributed by atoms with E-state index in [0.717, 1.165) is 24.5 Å². The molecule has 1 amide bonds. The summed E-state index contributed by atoms with van der Waals surface area (Å²) < 4.78 is 0. The molecular weight excluding hydrogens is 308 g/mol. The van der Waals surface area contributed by atoms with Crippen molar-refractivity contribution in [3.63, 3.8) is 0 Å². The van der Waals surface area contributed by atoms with Crippen molar-refractivity contribution in [2.45, 2.75) is 51.4 Å². The first-order chi connectivity index (χ1) is 11.4. The molecule has 3 atom stereocenters. The molecule has 7 nitrogen and oxygen atoms in total. The van der Waals surface area contributed by atoms with Crippen molar-refractivity contribution in [3.8, 4) is 0 Å². The van der Waals surface area contributed by atoms with Crippen molar-refractivity contribution < 1.29 is 14.7 Å². The summed E-state index contributed by atoms with van der Waals surface area (Å²) in [6, 6.07) is 0. The Morgan fingerprint density at radius 3 is 2.58 bits per heavy atom. The van der Waals surface area contributed by atoms with Crippen LogP contribution in [0.5, 0.6) is 0 Å². The molecule has 1 aliphatic heterocycles. The van der Waals surface area contributed by atoms with E-state index in [9.17, 15) is 14.7 Å². The Morgan fingerprint density at radius 2 is 1.96 bits per heavy atom. The number of aliphatic carboxylic acids is 1. The van der Waals surface area contributed by atoms with Gasteiger partial charge < -0.3 is 10.0 Å². The number of aromatic nitrogens is 3. The molecule has 0 bridgehead atoms. The summed E-state index contributed by atoms with van der Waals surface area (Å²) in [6.07, 6.45) is 4.24. The summed E-state index contributed by atoms with van der Waals surface area (Å²) in [5, 5.41) is 16.7. The topological polar surface area (TPSA) is 99.2 Å². The van der Waals surface area contributed by atoms with Gasteiger partial charge in [-0.1, -0.05) is 13.8 Å². The van der Waals surface area contributed by atoms with E-state index < -0.39 is 23.2 Å². The molecule has 1 aromatic rings. The highest BCUT2D eigenvalue weighted by Gasteiger charge is 2.66. The lowest BCUT2D eigenvalue weighted by atomic mass is 9.96. The zero-order valence-electron chi connectivity index (χ0n) is 14.2. The zero-order chi connectivity index (χ0) is 17.1. The normalized spacial score (nSPS) is 31.8. The number of carbonyl (C=O) groups excluding carboxylic acids is 1. The minimum atomic E-state index is -0.866. The van der Waals surface area contributed by atoms with E-state index in [2.05, 4.69) is 15.2 Å². The van der Waals surface area contributed by atoms with Crippen LogP contribution in [0, 0.1) is 17.3 Å². The van der Waals surface area contributed by atoms with Crippen molar-refractivity contribution in [1.82, 2.24) is 20.1 Å². The number of H-pyrrole nitrogens is 1. The molecule has 24 heavy (non-hydrogen) atoms. The third-order valence-electron chi connectivity index (χ3n) is 5.94. The largest absolute Gasteiger partial charge is 0.481 e. The van der Waals surface area contributed by atoms with Crippen LogP contribution in [0.1, 0.15) is 63.0 Å². The van der Waals surface area contributed by atoms with Gasteiger partial charge in [0.15, 0.2) is 5.82 Å². The molecule has 1 aromatic heterocycles. The van der Waals surface area contributed by atoms with E-state index in [1.807, 2.05) is 18.7 Å². The van der Waals surface area contributed by atoms with Crippen LogP contribution in [-0.4, -0.2) is 50.2 Å². The first-order valence-electron chi connectivity index (χ1n) is 8.83. The summed E-state index contributed by atoms with van der Waals surface area (Å²) in [5.74, 6) is 0.623. The number of carboxylic acids is 1. The van der Waals surface area contributed by atoms with Crippen LogP contribution in [0.2, 0.25) is 0 Å². The van der Waals surface area contributed by atoms with Crippen LogP contribution in [0.4, 0.5) is 0 Å². The number of hydrogen-bond acceptors (Lipinski definition) is 4. The predicted octanol–water partition coefficient (Wildman–Crippen LogP) is 1.74. The van der Waals surface area contributed by atoms with Crippen LogP contribution < -0.4 is 0 Å². The monoisotopic (exact) mass is 332 g/mol. The standard InChI is InChI=1S/C17H24N4O3/c1-17(2)11(12(17)16(23)24)15(22)21-7-3-4-10(8-21)14-18-13(19-20-14)9-5-6-9/h9-12H,3-8H2,1-2H3,(H,23,24)(H,18,19,20)/t10?,11-,12+/m1/s1. The second kappa shape index (κ2) is 5.29. The number of rotatable bonds is 4. The molecule has 2 saturated carbocycles. The van der Waals surface area contributed by atoms with E-state index in [0.29, 0.717) is 19.0 Å². The van der Waals surface area contributed by atoms with Gasteiger partial charge in [-0.05, 0) is 31.1 Å². The van der Waals surface area contributed by atoms with Crippen molar-refractivity contribution in [2.75, 3.05) is 13.1 Å². The van der Waals surface area contributed by atoms with Gasteiger partial charge >= 0.3 is 5.97 Å². The second-order valence-electron chi connectivity index (χ2n) is 8.09. The first kappa shape index (κ1) is 15.6. The number of likely N-dealkylation sites (tertiary alicyclic amines) is 1. The molecule has 7 heteroatoms. The van der Waals surface area contributed by atoms with Crippen molar-refractivity contribution in [2.24, 2.45) is 17.3 Å². The number of nitrogens with one attached hydrogen (secondary N) is 1. The molecule has 0 spiro atoms. The SMILES string of the molecule is CC1(C)[C@H](C(=O)O)[C@@H]1C(=O)N1CCCC(c2n[nH]c(C3CC3)n2)C1. The molecule has 0 radical (unpaired) electrons. The third kappa shape index (κ3) is 2.50. The number of aromatic amines is 1. The smallest absolute Gasteiger partial charge is 0.307 e. The van der Waals surface area contributed by atoms with Gasteiger partial charge in [0, 0.05) is 24.9 Å². The molecule has 0 aromatic carbocycles. The van der Waals surface area contributed by atoms with Crippen molar-refractivity contribution in [1.29, 1.82) is 0 Å². The lowest BCUT2D eigenvalue weighted by Crippen LogP contribution is -2.41. The maximum Gasteiger partial charge on any atom is 0.307 e. The maximum atomic E-state index is 12.8. The van der Waals surface area contributed by atoms with Crippen LogP contribution in [-0.2, 0) is 9.59 Å². The molecule has 2 heterocycles. The van der Waals surface area contributed by atoms with Crippen molar-refractivity contribution in [3.05, 3.63) is 11.6 Å². The van der Waals surface area contributed by atoms with Gasteiger partial charge in [0.25, 0.3) is 0 Å². The summed E-state index contributed by atoms with van der Waals surface area (Å²) in [5.41, 5.74) is -0.445. The highest BCUT2D eigenvalue weighted by Crippen LogP contribution is 2.59. The molecule has 1 saturated heterocycles. The second-order valence-corrected chi connectivity index (χ2v) is 8.09. The number of amides is 1. The molecule has 3 fully saturated rings. The Hall–Kier alpha value is -1.92. The van der Waals surface area contributed by atoms with Gasteiger partial charge in [0.05, 0.1) is 11.8 Å². The van der Waals surface area contributed by atoms with E-state index in [1.165, 1.54) is 12.8 Å². The van der Waals surface area contributed by atoms with E-state index in [1.54, 1.807) is 0 Å². The Morgan fingerprint density at radius 1 is 1.21 bits per heavy atom. The van der Waals surface area contributed by atoms with Gasteiger partial charge in [-0.15, -0.1) is 0 Å². The number of carbonyl (C=O) groups is 2. The third-order valence-corrected chi connectivity index (χ3v) is 5.94. The summed E-state index contributed by atoms with van der Waals surface area (Å²) in [7, 11) is 0. The van der Waals surface area contributed by atoms with Crippen LogP contribution in [0.3, 0.4) is 0 Å². The first-order valence-corrected chi connectivity index (χ1v) is 8.83. The molecule has 2 aliphatic carbocycles. The molecule has 2 N–H and O–H groups in total. The van der Waals surface area contributed by atoms with Crippen LogP contribution in [0.25, 0.3) is 0 Å². The van der Waals surface area contributed by atoms with Gasteiger partial charge in [0.2, 0.25) is 5.91 Å². The highest BCUT2D eigenvalue weighted by molar-refractivity contribution is 5.91. The summed E-state index contributed by atoms with van der Waals surface area (Å²) >= 11 is 0. The van der Waals surface area contributed by atoms with Crippen LogP contribution >= 0.6 is 0 Å². The maximum absolute atomic E-state index is 12.8. The fourth-order valence-corrected chi connectivity index (χ4v) is 4.15. The predicted molar refractivity (Wildman–Crippen MR) is 85.3 cm³/mol. The number of carboxylic acid groups (broad SMARTS) is 1. The highest BCUT2D eigenvalue weighted by atomic mass is 16.4. The minimum absolute atomic E-state index is 0.0185. The number of piperidine rings is 1. The zero-order valence-corrected chi connectivity index (χ0v) is 14.2. The van der Waals surface area contributed by atoms with Crippen LogP contribution in [0.15, 0.2) is 0 Å². The number of nitrogens with zero attached hydrogens (tertiary/aromatic N) is 3. The molecular formula is C17H24N4O3. The fourth-order valence-electron chi connectivity index (χ4n) is 4.15. The Balaban J connectivity index is 1.44. The van der Waals surface area contributed by atoms with Gasteiger partial charge in [-0.3, -0.25) is 14.7 Å². The van der Waals surface area contributed by atoms with Crippen molar-refractivity contribution >= 4 is 11.9 Å². The Kier molecular flexibility index (Phi) is 3.44.